The minimum Gasteiger partial charge on any atom is -0.747 e. The lowest BCUT2D eigenvalue weighted by atomic mass is 10.2. The van der Waals surface area contributed by atoms with Crippen molar-refractivity contribution in [2.75, 3.05) is 0 Å². The molecule has 0 fully saturated rings. The quantitative estimate of drug-likeness (QED) is 0.545. The van der Waals surface area contributed by atoms with Crippen LogP contribution in [-0.4, -0.2) is 30.0 Å². The topological polar surface area (TPSA) is 114 Å². The first-order valence-corrected chi connectivity index (χ1v) is 5.37. The third-order valence-corrected chi connectivity index (χ3v) is 2.14. The van der Waals surface area contributed by atoms with Gasteiger partial charge >= 0.3 is 0 Å². The number of rotatable bonds is 4. The van der Waals surface area contributed by atoms with Crippen LogP contribution in [-0.2, 0) is 19.7 Å². The number of carbonyl (C=O) groups is 2. The zero-order chi connectivity index (χ0) is 11.9. The first-order valence-electron chi connectivity index (χ1n) is 3.90. The molecule has 1 atom stereocenters. The van der Waals surface area contributed by atoms with Gasteiger partial charge in [0.2, 0.25) is 0 Å². The average Bonchev–Trinajstić information content (AvgIpc) is 2.01. The molecule has 0 bridgehead atoms. The van der Waals surface area contributed by atoms with E-state index in [9.17, 15) is 27.7 Å². The van der Waals surface area contributed by atoms with Crippen LogP contribution in [0.5, 0.6) is 0 Å². The van der Waals surface area contributed by atoms with Crippen LogP contribution in [0.2, 0.25) is 0 Å². The van der Waals surface area contributed by atoms with Gasteiger partial charge in [0, 0.05) is 6.42 Å². The summed E-state index contributed by atoms with van der Waals surface area (Å²) in [6.07, 6.45) is -0.839. The van der Waals surface area contributed by atoms with Crippen LogP contribution in [0.3, 0.4) is 0 Å². The highest BCUT2D eigenvalue weighted by atomic mass is 32.2. The van der Waals surface area contributed by atoms with Gasteiger partial charge < -0.3 is 14.5 Å². The van der Waals surface area contributed by atoms with Crippen molar-refractivity contribution in [2.45, 2.75) is 32.4 Å². The van der Waals surface area contributed by atoms with Crippen molar-refractivity contribution in [3.63, 3.8) is 0 Å². The summed E-state index contributed by atoms with van der Waals surface area (Å²) in [7, 11) is -4.99. The van der Waals surface area contributed by atoms with Crippen LogP contribution in [0, 0.1) is 0 Å². The molecule has 0 rings (SSSR count). The van der Waals surface area contributed by atoms with Crippen LogP contribution < -0.4 is 5.11 Å². The molecule has 0 aliphatic carbocycles. The number of carboxylic acids is 1. The summed E-state index contributed by atoms with van der Waals surface area (Å²) in [5.74, 6) is -2.73. The van der Waals surface area contributed by atoms with Crippen molar-refractivity contribution in [2.24, 2.45) is 0 Å². The van der Waals surface area contributed by atoms with E-state index in [0.717, 1.165) is 6.92 Å². The maximum absolute atomic E-state index is 10.3. The number of carbonyl (C=O) groups excluding carboxylic acids is 2. The molecule has 14 heavy (non-hydrogen) atoms. The van der Waals surface area contributed by atoms with Gasteiger partial charge in [-0.25, -0.2) is 8.42 Å². The molecule has 0 saturated heterocycles. The molecule has 0 spiro atoms. The molecule has 6 nitrogen and oxygen atoms in total. The lowest BCUT2D eigenvalue weighted by Gasteiger charge is -2.19. The Bertz CT molecular complexity index is 291. The fourth-order valence-electron chi connectivity index (χ4n) is 0.564. The summed E-state index contributed by atoms with van der Waals surface area (Å²) in [5.41, 5.74) is 0. The van der Waals surface area contributed by atoms with Gasteiger partial charge in [-0.3, -0.25) is 4.79 Å². The van der Waals surface area contributed by atoms with Crippen molar-refractivity contribution < 1.29 is 27.7 Å². The second kappa shape index (κ2) is 6.50. The van der Waals surface area contributed by atoms with Crippen molar-refractivity contribution in [3.8, 4) is 0 Å². The van der Waals surface area contributed by atoms with Gasteiger partial charge in [-0.05, 0) is 6.92 Å². The molecule has 0 amide bonds. The Labute approximate surface area is 82.7 Å². The molecule has 0 aromatic carbocycles. The summed E-state index contributed by atoms with van der Waals surface area (Å²) in [6.45, 7) is 4.99. The number of ketones is 1. The SMILES string of the molecule is CC.CC(=O)CC(C(=O)[O-])S(=O)(=O)[O-]. The Balaban J connectivity index is 0. The van der Waals surface area contributed by atoms with E-state index in [0.29, 0.717) is 0 Å². The number of carboxylic acid groups (broad SMARTS) is 1. The minimum absolute atomic E-state index is 0.691. The maximum atomic E-state index is 10.3. The van der Waals surface area contributed by atoms with Crippen LogP contribution in [0.25, 0.3) is 0 Å². The van der Waals surface area contributed by atoms with E-state index in [1.165, 1.54) is 0 Å². The highest BCUT2D eigenvalue weighted by Gasteiger charge is 2.19. The largest absolute Gasteiger partial charge is 0.747 e. The minimum atomic E-state index is -4.99. The van der Waals surface area contributed by atoms with Crippen molar-refractivity contribution in [1.29, 1.82) is 0 Å². The lowest BCUT2D eigenvalue weighted by Crippen LogP contribution is -2.42. The fourth-order valence-corrected chi connectivity index (χ4v) is 1.24. The molecule has 84 valence electrons. The van der Waals surface area contributed by atoms with E-state index in [4.69, 9.17) is 0 Å². The second-order valence-corrected chi connectivity index (χ2v) is 3.76. The monoisotopic (exact) mass is 224 g/mol. The van der Waals surface area contributed by atoms with Gasteiger partial charge in [0.15, 0.2) is 0 Å². The van der Waals surface area contributed by atoms with E-state index >= 15 is 0 Å². The van der Waals surface area contributed by atoms with Gasteiger partial charge in [0.05, 0.1) is 11.2 Å². The Kier molecular flexibility index (Phi) is 7.20. The van der Waals surface area contributed by atoms with Crippen LogP contribution >= 0.6 is 0 Å². The first-order chi connectivity index (χ1) is 6.25. The molecule has 0 radical (unpaired) electrons. The lowest BCUT2D eigenvalue weighted by molar-refractivity contribution is -0.305. The third-order valence-electron chi connectivity index (χ3n) is 1.08. The van der Waals surface area contributed by atoms with Gasteiger partial charge in [0.25, 0.3) is 0 Å². The highest BCUT2D eigenvalue weighted by Crippen LogP contribution is 2.03. The second-order valence-electron chi connectivity index (χ2n) is 2.21. The number of hydrogen-bond acceptors (Lipinski definition) is 6. The molecular weight excluding hydrogens is 212 g/mol. The normalized spacial score (nSPS) is 12.3. The van der Waals surface area contributed by atoms with Gasteiger partial charge in [-0.2, -0.15) is 0 Å². The van der Waals surface area contributed by atoms with Crippen LogP contribution in [0.1, 0.15) is 27.2 Å². The molecular formula is C7H12O6S-2. The molecule has 0 saturated carbocycles. The van der Waals surface area contributed by atoms with Crippen molar-refractivity contribution >= 4 is 21.9 Å². The summed E-state index contributed by atoms with van der Waals surface area (Å²) in [6, 6.07) is 0. The van der Waals surface area contributed by atoms with Gasteiger partial charge in [0.1, 0.15) is 15.9 Å². The standard InChI is InChI=1S/C5H8O6S.C2H6/c1-3(6)2-4(5(7)8)12(9,10)11;1-2/h4H,2H2,1H3,(H,7,8)(H,9,10,11);1-2H3/p-2. The van der Waals surface area contributed by atoms with E-state index in [1.807, 2.05) is 13.8 Å². The van der Waals surface area contributed by atoms with Crippen molar-refractivity contribution in [1.82, 2.24) is 0 Å². The molecule has 0 aliphatic rings. The molecule has 0 heterocycles. The molecule has 0 N–H and O–H groups in total. The molecule has 7 heteroatoms. The van der Waals surface area contributed by atoms with Crippen LogP contribution in [0.4, 0.5) is 0 Å². The Hall–Kier alpha value is -0.950. The molecule has 0 aliphatic heterocycles. The molecule has 0 aromatic rings. The molecule has 1 unspecified atom stereocenters. The average molecular weight is 224 g/mol. The van der Waals surface area contributed by atoms with Gasteiger partial charge in [-0.15, -0.1) is 0 Å². The first kappa shape index (κ1) is 15.5. The van der Waals surface area contributed by atoms with E-state index in [2.05, 4.69) is 0 Å². The zero-order valence-electron chi connectivity index (χ0n) is 8.14. The third kappa shape index (κ3) is 6.55. The molecule has 0 aromatic heterocycles. The predicted molar refractivity (Wildman–Crippen MR) is 45.1 cm³/mol. The summed E-state index contributed by atoms with van der Waals surface area (Å²) in [4.78, 5) is 20.3. The summed E-state index contributed by atoms with van der Waals surface area (Å²) in [5, 5.41) is 7.77. The Morgan fingerprint density at radius 2 is 1.64 bits per heavy atom. The van der Waals surface area contributed by atoms with Gasteiger partial charge in [-0.1, -0.05) is 13.8 Å². The summed E-state index contributed by atoms with van der Waals surface area (Å²) >= 11 is 0. The Morgan fingerprint density at radius 3 is 1.71 bits per heavy atom. The highest BCUT2D eigenvalue weighted by molar-refractivity contribution is 7.87. The van der Waals surface area contributed by atoms with E-state index in [1.54, 1.807) is 0 Å². The number of aliphatic carboxylic acids is 1. The Morgan fingerprint density at radius 1 is 1.29 bits per heavy atom. The number of hydrogen-bond donors (Lipinski definition) is 0. The fraction of sp³-hybridized carbons (Fsp3) is 0.714. The van der Waals surface area contributed by atoms with Crippen LogP contribution in [0.15, 0.2) is 0 Å². The predicted octanol–water partition coefficient (Wildman–Crippen LogP) is -1.34. The van der Waals surface area contributed by atoms with E-state index < -0.39 is 33.5 Å². The smallest absolute Gasteiger partial charge is 0.131 e. The number of Topliss-reactive ketones (excluding diaryl/α,β-unsaturated/α-hetero) is 1. The van der Waals surface area contributed by atoms with Crippen molar-refractivity contribution in [3.05, 3.63) is 0 Å². The maximum Gasteiger partial charge on any atom is 0.131 e. The summed E-state index contributed by atoms with van der Waals surface area (Å²) < 4.78 is 30.5. The van der Waals surface area contributed by atoms with E-state index in [-0.39, 0.29) is 0 Å². The zero-order valence-corrected chi connectivity index (χ0v) is 8.96.